The molecular weight excluding hydrogens is 240 g/mol. The Labute approximate surface area is 104 Å². The van der Waals surface area contributed by atoms with Gasteiger partial charge in [-0.25, -0.2) is 0 Å². The monoisotopic (exact) mass is 252 g/mol. The molecule has 0 saturated heterocycles. The molecule has 2 atom stereocenters. The summed E-state index contributed by atoms with van der Waals surface area (Å²) in [6.45, 7) is 0. The Bertz CT molecular complexity index is 456. The van der Waals surface area contributed by atoms with Gasteiger partial charge in [0.15, 0.2) is 5.78 Å². The van der Waals surface area contributed by atoms with E-state index in [1.165, 1.54) is 0 Å². The average molecular weight is 253 g/mol. The first-order valence-corrected chi connectivity index (χ1v) is 5.98. The van der Waals surface area contributed by atoms with Gasteiger partial charge in [0.05, 0.1) is 5.92 Å². The van der Waals surface area contributed by atoms with Crippen LogP contribution in [0.5, 0.6) is 0 Å². The maximum absolute atomic E-state index is 12.1. The minimum Gasteiger partial charge on any atom is -0.481 e. The van der Waals surface area contributed by atoms with Crippen molar-refractivity contribution in [3.05, 3.63) is 34.9 Å². The lowest BCUT2D eigenvalue weighted by Crippen LogP contribution is -2.14. The van der Waals surface area contributed by atoms with Crippen molar-refractivity contribution in [2.24, 2.45) is 11.8 Å². The largest absolute Gasteiger partial charge is 0.481 e. The van der Waals surface area contributed by atoms with Gasteiger partial charge in [-0.15, -0.1) is 0 Å². The second kappa shape index (κ2) is 4.88. The molecule has 3 nitrogen and oxygen atoms in total. The number of ketones is 1. The van der Waals surface area contributed by atoms with Crippen LogP contribution in [0.2, 0.25) is 5.02 Å². The Balaban J connectivity index is 2.09. The van der Waals surface area contributed by atoms with Crippen LogP contribution in [0.15, 0.2) is 24.3 Å². The molecule has 0 unspecified atom stereocenters. The van der Waals surface area contributed by atoms with Gasteiger partial charge in [0.25, 0.3) is 0 Å². The van der Waals surface area contributed by atoms with Crippen LogP contribution < -0.4 is 0 Å². The molecule has 17 heavy (non-hydrogen) atoms. The first kappa shape index (κ1) is 12.1. The Morgan fingerprint density at radius 2 is 1.94 bits per heavy atom. The fraction of sp³-hybridized carbons (Fsp3) is 0.385. The number of carboxylic acids is 1. The summed E-state index contributed by atoms with van der Waals surface area (Å²) in [7, 11) is 0. The fourth-order valence-electron chi connectivity index (χ4n) is 2.32. The van der Waals surface area contributed by atoms with Crippen LogP contribution in [0.3, 0.4) is 0 Å². The first-order valence-electron chi connectivity index (χ1n) is 5.60. The Morgan fingerprint density at radius 1 is 1.24 bits per heavy atom. The lowest BCUT2D eigenvalue weighted by molar-refractivity contribution is -0.141. The zero-order valence-electron chi connectivity index (χ0n) is 9.23. The van der Waals surface area contributed by atoms with E-state index in [1.807, 2.05) is 0 Å². The minimum atomic E-state index is -0.800. The average Bonchev–Trinajstić information content (AvgIpc) is 2.77. The lowest BCUT2D eigenvalue weighted by atomic mass is 9.95. The molecule has 2 rings (SSSR count). The van der Waals surface area contributed by atoms with E-state index in [0.717, 1.165) is 0 Å². The summed E-state index contributed by atoms with van der Waals surface area (Å²) in [6.07, 6.45) is 1.69. The van der Waals surface area contributed by atoms with Crippen molar-refractivity contribution in [2.75, 3.05) is 0 Å². The molecule has 0 heterocycles. The number of carbonyl (C=O) groups excluding carboxylic acids is 1. The molecule has 4 heteroatoms. The highest BCUT2D eigenvalue weighted by Crippen LogP contribution is 2.33. The van der Waals surface area contributed by atoms with Crippen LogP contribution in [-0.2, 0) is 4.79 Å². The van der Waals surface area contributed by atoms with Crippen molar-refractivity contribution in [1.82, 2.24) is 0 Å². The number of rotatable bonds is 3. The predicted molar refractivity (Wildman–Crippen MR) is 64.2 cm³/mol. The molecule has 0 amide bonds. The SMILES string of the molecule is O=C(O)[C@H]1CC[C@@H](C(=O)c2cccc(Cl)c2)C1. The smallest absolute Gasteiger partial charge is 0.306 e. The van der Waals surface area contributed by atoms with Crippen molar-refractivity contribution in [3.8, 4) is 0 Å². The third-order valence-electron chi connectivity index (χ3n) is 3.26. The van der Waals surface area contributed by atoms with Gasteiger partial charge < -0.3 is 5.11 Å². The summed E-state index contributed by atoms with van der Waals surface area (Å²) in [5.41, 5.74) is 0.577. The molecule has 0 radical (unpaired) electrons. The zero-order chi connectivity index (χ0) is 12.4. The maximum atomic E-state index is 12.1. The molecule has 1 saturated carbocycles. The van der Waals surface area contributed by atoms with E-state index in [-0.39, 0.29) is 17.6 Å². The standard InChI is InChI=1S/C13H13ClO3/c14-11-3-1-2-8(7-11)12(15)9-4-5-10(6-9)13(16)17/h1-3,7,9-10H,4-6H2,(H,16,17)/t9-,10+/m1/s1. The first-order chi connectivity index (χ1) is 8.08. The van der Waals surface area contributed by atoms with Gasteiger partial charge in [0, 0.05) is 16.5 Å². The molecule has 1 aliphatic carbocycles. The summed E-state index contributed by atoms with van der Waals surface area (Å²) < 4.78 is 0. The van der Waals surface area contributed by atoms with Crippen LogP contribution >= 0.6 is 11.6 Å². The molecule has 1 N–H and O–H groups in total. The Kier molecular flexibility index (Phi) is 3.48. The summed E-state index contributed by atoms with van der Waals surface area (Å²) in [6, 6.07) is 6.81. The van der Waals surface area contributed by atoms with Gasteiger partial charge in [0.1, 0.15) is 0 Å². The minimum absolute atomic E-state index is 0.0104. The number of hydrogen-bond acceptors (Lipinski definition) is 2. The molecule has 1 aliphatic rings. The van der Waals surface area contributed by atoms with Crippen LogP contribution in [-0.4, -0.2) is 16.9 Å². The summed E-state index contributed by atoms with van der Waals surface area (Å²) >= 11 is 5.83. The third kappa shape index (κ3) is 2.67. The van der Waals surface area contributed by atoms with Gasteiger partial charge in [0.2, 0.25) is 0 Å². The molecule has 90 valence electrons. The number of benzene rings is 1. The highest BCUT2D eigenvalue weighted by atomic mass is 35.5. The van der Waals surface area contributed by atoms with E-state index in [1.54, 1.807) is 24.3 Å². The molecule has 0 bridgehead atoms. The molecule has 1 fully saturated rings. The van der Waals surface area contributed by atoms with Crippen molar-refractivity contribution >= 4 is 23.4 Å². The molecule has 1 aromatic carbocycles. The Hall–Kier alpha value is -1.35. The topological polar surface area (TPSA) is 54.4 Å². The Morgan fingerprint density at radius 3 is 2.53 bits per heavy atom. The van der Waals surface area contributed by atoms with E-state index in [9.17, 15) is 9.59 Å². The van der Waals surface area contributed by atoms with Crippen LogP contribution in [0.1, 0.15) is 29.6 Å². The van der Waals surface area contributed by atoms with E-state index < -0.39 is 5.97 Å². The maximum Gasteiger partial charge on any atom is 0.306 e. The normalized spacial score (nSPS) is 23.6. The summed E-state index contributed by atoms with van der Waals surface area (Å²) in [5.74, 6) is -1.33. The number of halogens is 1. The molecule has 1 aromatic rings. The van der Waals surface area contributed by atoms with Crippen molar-refractivity contribution in [1.29, 1.82) is 0 Å². The van der Waals surface area contributed by atoms with Crippen LogP contribution in [0.25, 0.3) is 0 Å². The molecule has 0 spiro atoms. The van der Waals surface area contributed by atoms with Gasteiger partial charge >= 0.3 is 5.97 Å². The van der Waals surface area contributed by atoms with Gasteiger partial charge in [-0.1, -0.05) is 23.7 Å². The van der Waals surface area contributed by atoms with E-state index in [0.29, 0.717) is 29.8 Å². The van der Waals surface area contributed by atoms with Crippen molar-refractivity contribution < 1.29 is 14.7 Å². The van der Waals surface area contributed by atoms with Gasteiger partial charge in [-0.05, 0) is 31.4 Å². The van der Waals surface area contributed by atoms with E-state index in [4.69, 9.17) is 16.7 Å². The highest BCUT2D eigenvalue weighted by molar-refractivity contribution is 6.31. The predicted octanol–water partition coefficient (Wildman–Crippen LogP) is 3.02. The molecule has 0 aromatic heterocycles. The summed E-state index contributed by atoms with van der Waals surface area (Å²) in [5, 5.41) is 9.43. The van der Waals surface area contributed by atoms with Crippen LogP contribution in [0, 0.1) is 11.8 Å². The second-order valence-corrected chi connectivity index (χ2v) is 4.86. The van der Waals surface area contributed by atoms with Crippen molar-refractivity contribution in [2.45, 2.75) is 19.3 Å². The number of hydrogen-bond donors (Lipinski definition) is 1. The number of Topliss-reactive ketones (excluding diaryl/α,β-unsaturated/α-hetero) is 1. The van der Waals surface area contributed by atoms with Gasteiger partial charge in [-0.3, -0.25) is 9.59 Å². The lowest BCUT2D eigenvalue weighted by Gasteiger charge is -2.08. The molecular formula is C13H13ClO3. The van der Waals surface area contributed by atoms with Crippen molar-refractivity contribution in [3.63, 3.8) is 0 Å². The molecule has 0 aliphatic heterocycles. The fourth-order valence-corrected chi connectivity index (χ4v) is 2.51. The zero-order valence-corrected chi connectivity index (χ0v) is 9.98. The number of carboxylic acid groups (broad SMARTS) is 1. The van der Waals surface area contributed by atoms with E-state index >= 15 is 0 Å². The third-order valence-corrected chi connectivity index (χ3v) is 3.50. The number of carbonyl (C=O) groups is 2. The van der Waals surface area contributed by atoms with Crippen LogP contribution in [0.4, 0.5) is 0 Å². The van der Waals surface area contributed by atoms with E-state index in [2.05, 4.69) is 0 Å². The summed E-state index contributed by atoms with van der Waals surface area (Å²) in [4.78, 5) is 22.9. The second-order valence-electron chi connectivity index (χ2n) is 4.42. The van der Waals surface area contributed by atoms with Gasteiger partial charge in [-0.2, -0.15) is 0 Å². The highest BCUT2D eigenvalue weighted by Gasteiger charge is 2.34. The number of aliphatic carboxylic acids is 1. The quantitative estimate of drug-likeness (QED) is 0.842.